The lowest BCUT2D eigenvalue weighted by Crippen LogP contribution is -2.34. The molecule has 0 atom stereocenters. The maximum atomic E-state index is 12.5. The van der Waals surface area contributed by atoms with Gasteiger partial charge in [-0.05, 0) is 42.0 Å². The van der Waals surface area contributed by atoms with Crippen LogP contribution in [0.25, 0.3) is 10.9 Å². The first-order valence-electron chi connectivity index (χ1n) is 7.47. The first-order chi connectivity index (χ1) is 10.5. The van der Waals surface area contributed by atoms with Gasteiger partial charge in [-0.15, -0.1) is 0 Å². The van der Waals surface area contributed by atoms with Crippen LogP contribution in [0.3, 0.4) is 0 Å². The molecule has 0 spiro atoms. The number of rotatable bonds is 4. The number of aromatic nitrogens is 1. The Hall–Kier alpha value is -1.53. The zero-order valence-electron chi connectivity index (χ0n) is 12.2. The van der Waals surface area contributed by atoms with Crippen molar-refractivity contribution in [3.8, 4) is 0 Å². The summed E-state index contributed by atoms with van der Waals surface area (Å²) in [7, 11) is 0. The van der Waals surface area contributed by atoms with E-state index in [4.69, 9.17) is 4.74 Å². The topological polar surface area (TPSA) is 26.2 Å². The fourth-order valence-electron chi connectivity index (χ4n) is 2.85. The lowest BCUT2D eigenvalue weighted by molar-refractivity contribution is -0.139. The monoisotopic (exact) mass is 312 g/mol. The van der Waals surface area contributed by atoms with Crippen molar-refractivity contribution < 1.29 is 17.9 Å². The third kappa shape index (κ3) is 3.81. The van der Waals surface area contributed by atoms with Crippen molar-refractivity contribution in [2.75, 3.05) is 13.2 Å². The van der Waals surface area contributed by atoms with Gasteiger partial charge in [-0.25, -0.2) is 0 Å². The molecule has 6 heteroatoms. The summed E-state index contributed by atoms with van der Waals surface area (Å²) < 4.78 is 44.1. The van der Waals surface area contributed by atoms with E-state index in [1.807, 2.05) is 12.1 Å². The van der Waals surface area contributed by atoms with Crippen LogP contribution in [-0.2, 0) is 17.8 Å². The van der Waals surface area contributed by atoms with Crippen molar-refractivity contribution in [3.63, 3.8) is 0 Å². The summed E-state index contributed by atoms with van der Waals surface area (Å²) in [5.74, 6) is 0. The molecule has 1 N–H and O–H groups in total. The van der Waals surface area contributed by atoms with Crippen molar-refractivity contribution in [2.45, 2.75) is 38.1 Å². The van der Waals surface area contributed by atoms with Gasteiger partial charge in [-0.3, -0.25) is 0 Å². The number of nitrogens with zero attached hydrogens (tertiary/aromatic N) is 1. The molecule has 1 fully saturated rings. The number of hydrogen-bond acceptors (Lipinski definition) is 2. The van der Waals surface area contributed by atoms with Gasteiger partial charge in [0.25, 0.3) is 0 Å². The fraction of sp³-hybridized carbons (Fsp3) is 0.500. The largest absolute Gasteiger partial charge is 0.406 e. The van der Waals surface area contributed by atoms with Gasteiger partial charge in [0.1, 0.15) is 6.54 Å². The van der Waals surface area contributed by atoms with Crippen molar-refractivity contribution >= 4 is 10.9 Å². The van der Waals surface area contributed by atoms with Crippen LogP contribution in [0.5, 0.6) is 0 Å². The summed E-state index contributed by atoms with van der Waals surface area (Å²) in [5, 5.41) is 4.32. The summed E-state index contributed by atoms with van der Waals surface area (Å²) in [6, 6.07) is 7.80. The number of hydrogen-bond donors (Lipinski definition) is 1. The lowest BCUT2D eigenvalue weighted by Gasteiger charge is -2.23. The Morgan fingerprint density at radius 3 is 2.68 bits per heavy atom. The van der Waals surface area contributed by atoms with E-state index in [-0.39, 0.29) is 0 Å². The Morgan fingerprint density at radius 2 is 1.95 bits per heavy atom. The molecule has 0 amide bonds. The van der Waals surface area contributed by atoms with Crippen LogP contribution in [0, 0.1) is 0 Å². The molecule has 2 heterocycles. The van der Waals surface area contributed by atoms with Crippen LogP contribution in [-0.4, -0.2) is 30.0 Å². The first kappa shape index (κ1) is 15.4. The molecule has 3 nitrogen and oxygen atoms in total. The predicted octanol–water partition coefficient (Wildman–Crippen LogP) is 3.47. The standard InChI is InChI=1S/C16H19F3N2O/c17-16(18,19)11-21-6-3-13-9-12(1-2-15(13)21)10-20-14-4-7-22-8-5-14/h1-3,6,9,14,20H,4-5,7-8,10-11H2. The Bertz CT molecular complexity index is 630. The van der Waals surface area contributed by atoms with Crippen molar-refractivity contribution in [1.82, 2.24) is 9.88 Å². The minimum absolute atomic E-state index is 0.458. The average molecular weight is 312 g/mol. The second-order valence-corrected chi connectivity index (χ2v) is 5.72. The van der Waals surface area contributed by atoms with Gasteiger partial charge in [-0.1, -0.05) is 6.07 Å². The highest BCUT2D eigenvalue weighted by Gasteiger charge is 2.28. The van der Waals surface area contributed by atoms with E-state index >= 15 is 0 Å². The summed E-state index contributed by atoms with van der Waals surface area (Å²) in [4.78, 5) is 0. The second-order valence-electron chi connectivity index (χ2n) is 5.72. The number of fused-ring (bicyclic) bond motifs is 1. The van der Waals surface area contributed by atoms with Gasteiger partial charge in [-0.2, -0.15) is 13.2 Å². The Morgan fingerprint density at radius 1 is 1.18 bits per heavy atom. The highest BCUT2D eigenvalue weighted by atomic mass is 19.4. The molecule has 1 aliphatic rings. The summed E-state index contributed by atoms with van der Waals surface area (Å²) in [6.07, 6.45) is -0.697. The fourth-order valence-corrected chi connectivity index (χ4v) is 2.85. The molecule has 0 saturated carbocycles. The van der Waals surface area contributed by atoms with E-state index in [0.717, 1.165) is 43.5 Å². The molecule has 1 saturated heterocycles. The number of benzene rings is 1. The molecule has 1 aliphatic heterocycles. The Labute approximate surface area is 127 Å². The van der Waals surface area contributed by atoms with Crippen LogP contribution >= 0.6 is 0 Å². The smallest absolute Gasteiger partial charge is 0.381 e. The maximum absolute atomic E-state index is 12.5. The second kappa shape index (κ2) is 6.30. The number of halogens is 3. The minimum atomic E-state index is -4.20. The van der Waals surface area contributed by atoms with E-state index in [0.29, 0.717) is 11.6 Å². The van der Waals surface area contributed by atoms with Gasteiger partial charge in [0.15, 0.2) is 0 Å². The normalized spacial score (nSPS) is 17.2. The zero-order valence-corrected chi connectivity index (χ0v) is 12.2. The quantitative estimate of drug-likeness (QED) is 0.935. The lowest BCUT2D eigenvalue weighted by atomic mass is 10.1. The average Bonchev–Trinajstić information content (AvgIpc) is 2.87. The first-order valence-corrected chi connectivity index (χ1v) is 7.47. The number of ether oxygens (including phenoxy) is 1. The molecule has 22 heavy (non-hydrogen) atoms. The molecule has 0 radical (unpaired) electrons. The molecule has 1 aromatic heterocycles. The van der Waals surface area contributed by atoms with Gasteiger partial charge in [0.2, 0.25) is 0 Å². The molecule has 0 aliphatic carbocycles. The summed E-state index contributed by atoms with van der Waals surface area (Å²) in [6.45, 7) is 1.36. The number of alkyl halides is 3. The molecule has 2 aromatic rings. The molecule has 3 rings (SSSR count). The van der Waals surface area contributed by atoms with Gasteiger partial charge in [0.05, 0.1) is 0 Å². The third-order valence-corrected chi connectivity index (χ3v) is 4.00. The van der Waals surface area contributed by atoms with Crippen LogP contribution in [0.1, 0.15) is 18.4 Å². The summed E-state index contributed by atoms with van der Waals surface area (Å²) >= 11 is 0. The third-order valence-electron chi connectivity index (χ3n) is 4.00. The van der Waals surface area contributed by atoms with Crippen LogP contribution in [0.4, 0.5) is 13.2 Å². The van der Waals surface area contributed by atoms with E-state index in [9.17, 15) is 13.2 Å². The van der Waals surface area contributed by atoms with Gasteiger partial charge < -0.3 is 14.6 Å². The van der Waals surface area contributed by atoms with E-state index < -0.39 is 12.7 Å². The minimum Gasteiger partial charge on any atom is -0.381 e. The molecule has 1 aromatic carbocycles. The Kier molecular flexibility index (Phi) is 4.40. The van der Waals surface area contributed by atoms with E-state index in [1.54, 1.807) is 12.1 Å². The molecule has 0 unspecified atom stereocenters. The van der Waals surface area contributed by atoms with Crippen LogP contribution < -0.4 is 5.32 Å². The number of nitrogens with one attached hydrogen (secondary N) is 1. The highest BCUT2D eigenvalue weighted by Crippen LogP contribution is 2.23. The van der Waals surface area contributed by atoms with Crippen molar-refractivity contribution in [2.24, 2.45) is 0 Å². The van der Waals surface area contributed by atoms with Crippen LogP contribution in [0.2, 0.25) is 0 Å². The van der Waals surface area contributed by atoms with E-state index in [1.165, 1.54) is 10.8 Å². The summed E-state index contributed by atoms with van der Waals surface area (Å²) in [5.41, 5.74) is 1.70. The van der Waals surface area contributed by atoms with Gasteiger partial charge >= 0.3 is 6.18 Å². The molecule has 0 bridgehead atoms. The maximum Gasteiger partial charge on any atom is 0.406 e. The molecule has 120 valence electrons. The molecular weight excluding hydrogens is 293 g/mol. The highest BCUT2D eigenvalue weighted by molar-refractivity contribution is 5.80. The van der Waals surface area contributed by atoms with Crippen LogP contribution in [0.15, 0.2) is 30.5 Å². The van der Waals surface area contributed by atoms with Crippen molar-refractivity contribution in [1.29, 1.82) is 0 Å². The molecular formula is C16H19F3N2O. The zero-order chi connectivity index (χ0) is 15.6. The van der Waals surface area contributed by atoms with E-state index in [2.05, 4.69) is 5.32 Å². The Balaban J connectivity index is 1.68. The van der Waals surface area contributed by atoms with Gasteiger partial charge in [0, 0.05) is 37.5 Å². The predicted molar refractivity (Wildman–Crippen MR) is 78.7 cm³/mol. The van der Waals surface area contributed by atoms with Crippen molar-refractivity contribution in [3.05, 3.63) is 36.0 Å². The SMILES string of the molecule is FC(F)(F)Cn1ccc2cc(CNC3CCOCC3)ccc21.